The van der Waals surface area contributed by atoms with E-state index in [1.807, 2.05) is 17.9 Å². The van der Waals surface area contributed by atoms with Gasteiger partial charge in [0.05, 0.1) is 11.3 Å². The highest BCUT2D eigenvalue weighted by Gasteiger charge is 2.31. The lowest BCUT2D eigenvalue weighted by molar-refractivity contribution is 0.0744. The van der Waals surface area contributed by atoms with Crippen molar-refractivity contribution in [1.29, 1.82) is 0 Å². The maximum absolute atomic E-state index is 12.8. The first-order valence-electron chi connectivity index (χ1n) is 7.65. The zero-order valence-electron chi connectivity index (χ0n) is 12.5. The number of nitrogen functional groups attached to an aromatic ring is 1. The van der Waals surface area contributed by atoms with Gasteiger partial charge in [0.2, 0.25) is 0 Å². The van der Waals surface area contributed by atoms with Gasteiger partial charge in [0.25, 0.3) is 5.91 Å². The van der Waals surface area contributed by atoms with Crippen LogP contribution >= 0.6 is 0 Å². The second-order valence-electron chi connectivity index (χ2n) is 5.95. The number of pyridine rings is 1. The Bertz CT molecular complexity index is 533. The summed E-state index contributed by atoms with van der Waals surface area (Å²) >= 11 is 0. The Morgan fingerprint density at radius 3 is 3.00 bits per heavy atom. The van der Waals surface area contributed by atoms with Gasteiger partial charge in [-0.05, 0) is 38.8 Å². The Morgan fingerprint density at radius 2 is 2.19 bits per heavy atom. The van der Waals surface area contributed by atoms with E-state index in [2.05, 4.69) is 15.3 Å². The molecule has 2 aliphatic heterocycles. The lowest BCUT2D eigenvalue weighted by atomic mass is 10.1. The van der Waals surface area contributed by atoms with E-state index in [1.54, 1.807) is 6.20 Å². The van der Waals surface area contributed by atoms with Gasteiger partial charge in [-0.2, -0.15) is 0 Å². The van der Waals surface area contributed by atoms with Crippen LogP contribution in [0.5, 0.6) is 0 Å². The van der Waals surface area contributed by atoms with Gasteiger partial charge in [0.1, 0.15) is 0 Å². The first-order valence-corrected chi connectivity index (χ1v) is 7.65. The molecule has 2 saturated heterocycles. The van der Waals surface area contributed by atoms with Crippen LogP contribution in [0.25, 0.3) is 0 Å². The monoisotopic (exact) mass is 289 g/mol. The van der Waals surface area contributed by atoms with Crippen LogP contribution in [-0.4, -0.2) is 52.9 Å². The number of nitrogens with two attached hydrogens (primary N) is 1. The number of hydrogen-bond donors (Lipinski definition) is 2. The number of rotatable bonds is 2. The fourth-order valence-corrected chi connectivity index (χ4v) is 3.41. The maximum Gasteiger partial charge on any atom is 0.257 e. The molecule has 6 heteroatoms. The van der Waals surface area contributed by atoms with E-state index < -0.39 is 0 Å². The van der Waals surface area contributed by atoms with Crippen LogP contribution in [0.4, 0.5) is 5.69 Å². The Morgan fingerprint density at radius 1 is 1.38 bits per heavy atom. The largest absolute Gasteiger partial charge is 0.337 e. The third kappa shape index (κ3) is 2.87. The number of carbonyl (C=O) groups is 1. The highest BCUT2D eigenvalue weighted by atomic mass is 16.2. The average Bonchev–Trinajstić information content (AvgIpc) is 2.83. The number of nitrogens with zero attached hydrogens (tertiary/aromatic N) is 3. The topological polar surface area (TPSA) is 74.5 Å². The number of hydrogen-bond acceptors (Lipinski definition) is 5. The first-order chi connectivity index (χ1) is 10.2. The predicted octanol–water partition coefficient (Wildman–Crippen LogP) is 0.986. The van der Waals surface area contributed by atoms with Gasteiger partial charge in [0, 0.05) is 37.6 Å². The van der Waals surface area contributed by atoms with E-state index in [9.17, 15) is 4.79 Å². The zero-order chi connectivity index (χ0) is 14.8. The van der Waals surface area contributed by atoms with E-state index in [-0.39, 0.29) is 5.91 Å². The standard InChI is InChI=1S/C15H23N5O/c1-11-8-14(18-16)13(9-17-11)15(21)20-7-3-6-19-5-2-4-12(19)10-20/h8-9,12H,2-7,10,16H2,1H3,(H,17,18). The van der Waals surface area contributed by atoms with Gasteiger partial charge in [-0.15, -0.1) is 0 Å². The Hall–Kier alpha value is -1.66. The van der Waals surface area contributed by atoms with Crippen LogP contribution in [0.15, 0.2) is 12.3 Å². The van der Waals surface area contributed by atoms with Crippen LogP contribution < -0.4 is 11.3 Å². The van der Waals surface area contributed by atoms with Crippen molar-refractivity contribution in [3.05, 3.63) is 23.5 Å². The van der Waals surface area contributed by atoms with Crippen LogP contribution in [-0.2, 0) is 0 Å². The molecule has 0 radical (unpaired) electrons. The number of aryl methyl sites for hydroxylation is 1. The molecule has 114 valence electrons. The van der Waals surface area contributed by atoms with Crippen LogP contribution in [0, 0.1) is 6.92 Å². The molecule has 0 bridgehead atoms. The Labute approximate surface area is 125 Å². The van der Waals surface area contributed by atoms with Crippen LogP contribution in [0.1, 0.15) is 35.3 Å². The minimum Gasteiger partial charge on any atom is -0.337 e. The number of aromatic nitrogens is 1. The minimum atomic E-state index is 0.0317. The van der Waals surface area contributed by atoms with Crippen molar-refractivity contribution in [2.24, 2.45) is 5.84 Å². The zero-order valence-corrected chi connectivity index (χ0v) is 12.5. The molecule has 0 aromatic carbocycles. The number of fused-ring (bicyclic) bond motifs is 1. The molecule has 1 amide bonds. The van der Waals surface area contributed by atoms with Crippen molar-refractivity contribution in [1.82, 2.24) is 14.8 Å². The Balaban J connectivity index is 1.81. The first kappa shape index (κ1) is 14.3. The molecule has 1 aromatic rings. The molecule has 0 saturated carbocycles. The summed E-state index contributed by atoms with van der Waals surface area (Å²) in [5.41, 5.74) is 4.68. The number of anilines is 1. The molecule has 3 rings (SSSR count). The van der Waals surface area contributed by atoms with Crippen molar-refractivity contribution in [2.45, 2.75) is 32.2 Å². The van der Waals surface area contributed by atoms with E-state index in [4.69, 9.17) is 5.84 Å². The summed E-state index contributed by atoms with van der Waals surface area (Å²) in [5.74, 6) is 5.58. The molecule has 0 spiro atoms. The summed E-state index contributed by atoms with van der Waals surface area (Å²) in [4.78, 5) is 21.5. The van der Waals surface area contributed by atoms with Crippen molar-refractivity contribution in [3.63, 3.8) is 0 Å². The fourth-order valence-electron chi connectivity index (χ4n) is 3.41. The molecule has 21 heavy (non-hydrogen) atoms. The van der Waals surface area contributed by atoms with Gasteiger partial charge < -0.3 is 10.3 Å². The van der Waals surface area contributed by atoms with Gasteiger partial charge in [0.15, 0.2) is 0 Å². The van der Waals surface area contributed by atoms with Gasteiger partial charge in [-0.3, -0.25) is 20.5 Å². The summed E-state index contributed by atoms with van der Waals surface area (Å²) in [6, 6.07) is 2.33. The summed E-state index contributed by atoms with van der Waals surface area (Å²) in [7, 11) is 0. The predicted molar refractivity (Wildman–Crippen MR) is 81.9 cm³/mol. The van der Waals surface area contributed by atoms with Gasteiger partial charge >= 0.3 is 0 Å². The maximum atomic E-state index is 12.8. The Kier molecular flexibility index (Phi) is 4.07. The molecule has 2 aliphatic rings. The van der Waals surface area contributed by atoms with Crippen LogP contribution in [0.3, 0.4) is 0 Å². The molecule has 1 atom stereocenters. The summed E-state index contributed by atoms with van der Waals surface area (Å²) in [5, 5.41) is 0. The highest BCUT2D eigenvalue weighted by Crippen LogP contribution is 2.24. The third-order valence-corrected chi connectivity index (χ3v) is 4.52. The molecule has 1 unspecified atom stereocenters. The van der Waals surface area contributed by atoms with Crippen LogP contribution in [0.2, 0.25) is 0 Å². The number of carbonyl (C=O) groups excluding carboxylic acids is 1. The SMILES string of the molecule is Cc1cc(NN)c(C(=O)N2CCCN3CCCC3C2)cn1. The van der Waals surface area contributed by atoms with Gasteiger partial charge in [-0.25, -0.2) is 0 Å². The second kappa shape index (κ2) is 5.99. The van der Waals surface area contributed by atoms with Crippen molar-refractivity contribution in [2.75, 3.05) is 31.6 Å². The molecule has 1 aromatic heterocycles. The lowest BCUT2D eigenvalue weighted by Gasteiger charge is -2.26. The normalized spacial score (nSPS) is 22.8. The lowest BCUT2D eigenvalue weighted by Crippen LogP contribution is -2.40. The van der Waals surface area contributed by atoms with Crippen molar-refractivity contribution < 1.29 is 4.79 Å². The van der Waals surface area contributed by atoms with Crippen molar-refractivity contribution in [3.8, 4) is 0 Å². The second-order valence-corrected chi connectivity index (χ2v) is 5.95. The molecular formula is C15H23N5O. The number of hydrazine groups is 1. The molecular weight excluding hydrogens is 266 g/mol. The minimum absolute atomic E-state index is 0.0317. The molecule has 3 heterocycles. The summed E-state index contributed by atoms with van der Waals surface area (Å²) in [6.07, 6.45) is 5.10. The summed E-state index contributed by atoms with van der Waals surface area (Å²) < 4.78 is 0. The van der Waals surface area contributed by atoms with E-state index >= 15 is 0 Å². The molecule has 2 fully saturated rings. The van der Waals surface area contributed by atoms with Crippen molar-refractivity contribution >= 4 is 11.6 Å². The van der Waals surface area contributed by atoms with E-state index in [0.29, 0.717) is 17.3 Å². The highest BCUT2D eigenvalue weighted by molar-refractivity contribution is 5.99. The average molecular weight is 289 g/mol. The molecule has 6 nitrogen and oxygen atoms in total. The number of nitrogens with one attached hydrogen (secondary N) is 1. The van der Waals surface area contributed by atoms with E-state index in [1.165, 1.54) is 19.4 Å². The molecule has 0 aliphatic carbocycles. The smallest absolute Gasteiger partial charge is 0.257 e. The molecule has 3 N–H and O–H groups in total. The number of amides is 1. The third-order valence-electron chi connectivity index (χ3n) is 4.52. The van der Waals surface area contributed by atoms with E-state index in [0.717, 1.165) is 31.7 Å². The summed E-state index contributed by atoms with van der Waals surface area (Å²) in [6.45, 7) is 5.79. The fraction of sp³-hybridized carbons (Fsp3) is 0.600. The van der Waals surface area contributed by atoms with Gasteiger partial charge in [-0.1, -0.05) is 0 Å². The quantitative estimate of drug-likeness (QED) is 0.627.